The number of halogens is 1. The molecule has 0 spiro atoms. The summed E-state index contributed by atoms with van der Waals surface area (Å²) in [7, 11) is -3.88. The van der Waals surface area contributed by atoms with E-state index in [1.807, 2.05) is 31.2 Å². The number of benzene rings is 2. The Hall–Kier alpha value is -2.10. The predicted molar refractivity (Wildman–Crippen MR) is 117 cm³/mol. The molecule has 7 nitrogen and oxygen atoms in total. The smallest absolute Gasteiger partial charge is 0.243 e. The zero-order chi connectivity index (χ0) is 21.5. The van der Waals surface area contributed by atoms with Crippen LogP contribution in [0.3, 0.4) is 0 Å². The lowest BCUT2D eigenvalue weighted by molar-refractivity contribution is -0.116. The minimum atomic E-state index is -3.88. The highest BCUT2D eigenvalue weighted by Crippen LogP contribution is 2.38. The van der Waals surface area contributed by atoms with Gasteiger partial charge in [-0.25, -0.2) is 13.1 Å². The van der Waals surface area contributed by atoms with Crippen LogP contribution in [0.15, 0.2) is 39.7 Å². The number of fused-ring (bicyclic) bond motifs is 2. The third kappa shape index (κ3) is 3.93. The van der Waals surface area contributed by atoms with E-state index in [2.05, 4.69) is 20.7 Å². The van der Waals surface area contributed by atoms with Gasteiger partial charge in [-0.15, -0.1) is 0 Å². The third-order valence-corrected chi connectivity index (χ3v) is 7.23. The van der Waals surface area contributed by atoms with Gasteiger partial charge in [0.15, 0.2) is 11.5 Å². The zero-order valence-electron chi connectivity index (χ0n) is 16.8. The molecule has 0 radical (unpaired) electrons. The molecule has 0 saturated carbocycles. The number of rotatable bonds is 5. The van der Waals surface area contributed by atoms with Gasteiger partial charge in [-0.2, -0.15) is 0 Å². The van der Waals surface area contributed by atoms with Gasteiger partial charge >= 0.3 is 0 Å². The number of hydrogen-bond acceptors (Lipinski definition) is 5. The molecule has 160 valence electrons. The number of sulfonamides is 1. The summed E-state index contributed by atoms with van der Waals surface area (Å²) < 4.78 is 41.5. The van der Waals surface area contributed by atoms with Crippen molar-refractivity contribution in [3.05, 3.63) is 45.9 Å². The van der Waals surface area contributed by atoms with Crippen LogP contribution < -0.4 is 19.1 Å². The van der Waals surface area contributed by atoms with Gasteiger partial charge in [-0.1, -0.05) is 28.1 Å². The van der Waals surface area contributed by atoms with Crippen LogP contribution in [0.4, 0.5) is 5.69 Å². The Balaban J connectivity index is 1.63. The molecule has 0 unspecified atom stereocenters. The Morgan fingerprint density at radius 1 is 1.33 bits per heavy atom. The standard InChI is InChI=1S/C21H23BrN2O5S/c1-3-28-18-6-4-5-15-10-17(12-29-21(15)18)23-30(26,27)19-11-16(22)9-14-7-8-24(13(2)25)20(14)19/h4-6,9,11,17,23H,3,7-8,10,12H2,1-2H3/t17-/m0/s1. The maximum Gasteiger partial charge on any atom is 0.243 e. The van der Waals surface area contributed by atoms with E-state index in [-0.39, 0.29) is 17.4 Å². The van der Waals surface area contributed by atoms with Crippen molar-refractivity contribution in [1.29, 1.82) is 0 Å². The average Bonchev–Trinajstić information content (AvgIpc) is 3.11. The number of ether oxygens (including phenoxy) is 2. The van der Waals surface area contributed by atoms with E-state index in [4.69, 9.17) is 9.47 Å². The minimum Gasteiger partial charge on any atom is -0.490 e. The molecule has 0 fully saturated rings. The molecule has 0 saturated heterocycles. The summed E-state index contributed by atoms with van der Waals surface area (Å²) in [4.78, 5) is 13.7. The van der Waals surface area contributed by atoms with Gasteiger partial charge in [0.1, 0.15) is 11.5 Å². The predicted octanol–water partition coefficient (Wildman–Crippen LogP) is 3.04. The Morgan fingerprint density at radius 2 is 2.13 bits per heavy atom. The fourth-order valence-corrected chi connectivity index (χ4v) is 6.16. The number of hydrogen-bond donors (Lipinski definition) is 1. The molecule has 9 heteroatoms. The largest absolute Gasteiger partial charge is 0.490 e. The summed E-state index contributed by atoms with van der Waals surface area (Å²) in [5.41, 5.74) is 2.20. The molecule has 30 heavy (non-hydrogen) atoms. The normalized spacial score (nSPS) is 17.8. The summed E-state index contributed by atoms with van der Waals surface area (Å²) in [5, 5.41) is 0. The van der Waals surface area contributed by atoms with Gasteiger partial charge in [0.25, 0.3) is 0 Å². The van der Waals surface area contributed by atoms with Gasteiger partial charge in [0, 0.05) is 17.9 Å². The van der Waals surface area contributed by atoms with E-state index in [0.717, 1.165) is 11.1 Å². The fourth-order valence-electron chi connectivity index (χ4n) is 4.01. The molecule has 2 aliphatic heterocycles. The number of nitrogens with one attached hydrogen (secondary N) is 1. The molecule has 0 bridgehead atoms. The van der Waals surface area contributed by atoms with Crippen molar-refractivity contribution >= 4 is 37.5 Å². The Bertz CT molecular complexity index is 1100. The summed E-state index contributed by atoms with van der Waals surface area (Å²) in [6.07, 6.45) is 1.11. The van der Waals surface area contributed by atoms with Crippen molar-refractivity contribution < 1.29 is 22.7 Å². The topological polar surface area (TPSA) is 84.9 Å². The summed E-state index contributed by atoms with van der Waals surface area (Å²) >= 11 is 3.40. The van der Waals surface area contributed by atoms with Crippen molar-refractivity contribution in [1.82, 2.24) is 4.72 Å². The highest BCUT2D eigenvalue weighted by Gasteiger charge is 2.34. The third-order valence-electron chi connectivity index (χ3n) is 5.24. The maximum absolute atomic E-state index is 13.3. The van der Waals surface area contributed by atoms with E-state index in [0.29, 0.717) is 47.7 Å². The number of carbonyl (C=O) groups is 1. The first-order chi connectivity index (χ1) is 14.3. The first-order valence-corrected chi connectivity index (χ1v) is 12.1. The molecule has 1 N–H and O–H groups in total. The van der Waals surface area contributed by atoms with Crippen molar-refractivity contribution in [2.45, 2.75) is 37.6 Å². The number of para-hydroxylation sites is 1. The van der Waals surface area contributed by atoms with Crippen LogP contribution in [-0.4, -0.2) is 40.1 Å². The molecule has 1 atom stereocenters. The number of carbonyl (C=O) groups excluding carboxylic acids is 1. The number of nitrogens with zero attached hydrogens (tertiary/aromatic N) is 1. The highest BCUT2D eigenvalue weighted by atomic mass is 79.9. The van der Waals surface area contributed by atoms with Crippen LogP contribution in [0.2, 0.25) is 0 Å². The molecule has 2 heterocycles. The summed E-state index contributed by atoms with van der Waals surface area (Å²) in [6, 6.07) is 8.61. The van der Waals surface area contributed by atoms with Crippen LogP contribution in [0.5, 0.6) is 11.5 Å². The molecule has 2 aromatic rings. The van der Waals surface area contributed by atoms with Crippen LogP contribution >= 0.6 is 15.9 Å². The lowest BCUT2D eigenvalue weighted by Crippen LogP contribution is -2.43. The Kier molecular flexibility index (Phi) is 5.78. The zero-order valence-corrected chi connectivity index (χ0v) is 19.2. The first-order valence-electron chi connectivity index (χ1n) is 9.80. The first kappa shape index (κ1) is 21.1. The number of amides is 1. The van der Waals surface area contributed by atoms with Gasteiger partial charge in [0.05, 0.1) is 18.3 Å². The van der Waals surface area contributed by atoms with E-state index < -0.39 is 16.1 Å². The Morgan fingerprint density at radius 3 is 2.87 bits per heavy atom. The van der Waals surface area contributed by atoms with E-state index >= 15 is 0 Å². The second-order valence-electron chi connectivity index (χ2n) is 7.34. The van der Waals surface area contributed by atoms with Crippen LogP contribution in [-0.2, 0) is 27.7 Å². The van der Waals surface area contributed by atoms with Crippen LogP contribution in [0.1, 0.15) is 25.0 Å². The lowest BCUT2D eigenvalue weighted by atomic mass is 10.0. The molecular weight excluding hydrogens is 472 g/mol. The SMILES string of the molecule is CCOc1cccc2c1OC[C@@H](NS(=O)(=O)c1cc(Br)cc3c1N(C(C)=O)CC3)C2. The van der Waals surface area contributed by atoms with Crippen LogP contribution in [0, 0.1) is 0 Å². The minimum absolute atomic E-state index is 0.105. The van der Waals surface area contributed by atoms with E-state index in [1.165, 1.54) is 11.8 Å². The fraction of sp³-hybridized carbons (Fsp3) is 0.381. The van der Waals surface area contributed by atoms with Crippen molar-refractivity contribution in [3.63, 3.8) is 0 Å². The quantitative estimate of drug-likeness (QED) is 0.690. The molecule has 0 aliphatic carbocycles. The molecule has 2 aliphatic rings. The van der Waals surface area contributed by atoms with Gasteiger partial charge in [-0.05, 0) is 49.1 Å². The molecule has 4 rings (SSSR count). The number of anilines is 1. The monoisotopic (exact) mass is 494 g/mol. The van der Waals surface area contributed by atoms with E-state index in [1.54, 1.807) is 6.07 Å². The average molecular weight is 495 g/mol. The maximum atomic E-state index is 13.3. The van der Waals surface area contributed by atoms with Gasteiger partial charge in [0.2, 0.25) is 15.9 Å². The van der Waals surface area contributed by atoms with Crippen molar-refractivity contribution in [2.75, 3.05) is 24.7 Å². The second kappa shape index (κ2) is 8.20. The molecule has 2 aromatic carbocycles. The van der Waals surface area contributed by atoms with Crippen molar-refractivity contribution in [3.8, 4) is 11.5 Å². The van der Waals surface area contributed by atoms with Gasteiger partial charge in [-0.3, -0.25) is 4.79 Å². The Labute approximate surface area is 184 Å². The van der Waals surface area contributed by atoms with Crippen molar-refractivity contribution in [2.24, 2.45) is 0 Å². The van der Waals surface area contributed by atoms with E-state index in [9.17, 15) is 13.2 Å². The summed E-state index contributed by atoms with van der Waals surface area (Å²) in [6.45, 7) is 4.55. The molecular formula is C21H23BrN2O5S. The van der Waals surface area contributed by atoms with Crippen LogP contribution in [0.25, 0.3) is 0 Å². The second-order valence-corrected chi connectivity index (χ2v) is 9.94. The molecule has 0 aromatic heterocycles. The molecule has 1 amide bonds. The summed E-state index contributed by atoms with van der Waals surface area (Å²) in [5.74, 6) is 1.16. The highest BCUT2D eigenvalue weighted by molar-refractivity contribution is 9.10. The van der Waals surface area contributed by atoms with Gasteiger partial charge < -0.3 is 14.4 Å². The lowest BCUT2D eigenvalue weighted by Gasteiger charge is -2.28.